The zero-order chi connectivity index (χ0) is 14.8. The smallest absolute Gasteiger partial charge is 0.169 e. The van der Waals surface area contributed by atoms with Crippen molar-refractivity contribution in [2.45, 2.75) is 19.9 Å². The van der Waals surface area contributed by atoms with Crippen LogP contribution in [0.5, 0.6) is 0 Å². The summed E-state index contributed by atoms with van der Waals surface area (Å²) in [6.07, 6.45) is 1.76. The topological polar surface area (TPSA) is 38.1 Å². The van der Waals surface area contributed by atoms with Crippen molar-refractivity contribution in [2.75, 3.05) is 6.54 Å². The Bertz CT molecular complexity index is 766. The van der Waals surface area contributed by atoms with Gasteiger partial charge in [0.25, 0.3) is 0 Å². The molecule has 2 aromatic heterocycles. The molecule has 0 aliphatic carbocycles. The van der Waals surface area contributed by atoms with Crippen molar-refractivity contribution in [3.05, 3.63) is 65.4 Å². The van der Waals surface area contributed by atoms with Crippen LogP contribution in [-0.4, -0.2) is 11.5 Å². The molecule has 0 amide bonds. The maximum atomic E-state index is 13.8. The van der Waals surface area contributed by atoms with Gasteiger partial charge < -0.3 is 9.73 Å². The molecule has 1 unspecified atom stereocenters. The molecule has 1 aromatic carbocycles. The monoisotopic (exact) mass is 284 g/mol. The molecule has 0 aliphatic rings. The minimum atomic E-state index is -0.336. The lowest BCUT2D eigenvalue weighted by molar-refractivity contribution is 0.463. The average molecular weight is 284 g/mol. The first kappa shape index (κ1) is 13.8. The first-order valence-electron chi connectivity index (χ1n) is 7.03. The average Bonchev–Trinajstić information content (AvgIpc) is 2.91. The van der Waals surface area contributed by atoms with Gasteiger partial charge in [-0.25, -0.2) is 4.39 Å². The van der Waals surface area contributed by atoms with Crippen LogP contribution in [0.3, 0.4) is 0 Å². The summed E-state index contributed by atoms with van der Waals surface area (Å²) in [5.74, 6) is 0.366. The van der Waals surface area contributed by atoms with Gasteiger partial charge in [0.05, 0.1) is 6.04 Å². The van der Waals surface area contributed by atoms with E-state index < -0.39 is 0 Å². The number of nitrogens with one attached hydrogen (secondary N) is 1. The SMILES string of the molecule is CCNC(c1cc2cccc(F)c2o1)c1cccnc1C. The summed E-state index contributed by atoms with van der Waals surface area (Å²) >= 11 is 0. The number of benzene rings is 1. The third kappa shape index (κ3) is 2.54. The molecule has 0 fully saturated rings. The lowest BCUT2D eigenvalue weighted by Gasteiger charge is -2.17. The molecule has 2 heterocycles. The number of hydrogen-bond acceptors (Lipinski definition) is 3. The third-order valence-electron chi connectivity index (χ3n) is 3.57. The molecule has 4 heteroatoms. The number of halogens is 1. The highest BCUT2D eigenvalue weighted by Gasteiger charge is 2.20. The van der Waals surface area contributed by atoms with Crippen molar-refractivity contribution in [3.63, 3.8) is 0 Å². The predicted octanol–water partition coefficient (Wildman–Crippen LogP) is 3.97. The molecule has 0 spiro atoms. The fraction of sp³-hybridized carbons (Fsp3) is 0.235. The Kier molecular flexibility index (Phi) is 3.71. The molecule has 0 saturated heterocycles. The minimum absolute atomic E-state index is 0.129. The van der Waals surface area contributed by atoms with Crippen LogP contribution in [0.25, 0.3) is 11.0 Å². The number of para-hydroxylation sites is 1. The zero-order valence-electron chi connectivity index (χ0n) is 12.1. The van der Waals surface area contributed by atoms with Gasteiger partial charge in [0.15, 0.2) is 11.4 Å². The summed E-state index contributed by atoms with van der Waals surface area (Å²) in [5, 5.41) is 4.15. The molecule has 0 aliphatic heterocycles. The molecule has 1 N–H and O–H groups in total. The van der Waals surface area contributed by atoms with E-state index in [-0.39, 0.29) is 11.9 Å². The summed E-state index contributed by atoms with van der Waals surface area (Å²) in [5.41, 5.74) is 2.28. The van der Waals surface area contributed by atoms with Gasteiger partial charge >= 0.3 is 0 Å². The Balaban J connectivity index is 2.11. The van der Waals surface area contributed by atoms with Gasteiger partial charge in [-0.05, 0) is 37.2 Å². The molecule has 21 heavy (non-hydrogen) atoms. The molecule has 0 radical (unpaired) electrons. The van der Waals surface area contributed by atoms with E-state index in [9.17, 15) is 4.39 Å². The van der Waals surface area contributed by atoms with Gasteiger partial charge in [0, 0.05) is 17.3 Å². The fourth-order valence-electron chi connectivity index (χ4n) is 2.56. The lowest BCUT2D eigenvalue weighted by Crippen LogP contribution is -2.22. The molecule has 3 nitrogen and oxygen atoms in total. The number of hydrogen-bond donors (Lipinski definition) is 1. The number of rotatable bonds is 4. The van der Waals surface area contributed by atoms with Gasteiger partial charge in [-0.15, -0.1) is 0 Å². The normalized spacial score (nSPS) is 12.7. The van der Waals surface area contributed by atoms with E-state index in [4.69, 9.17) is 4.42 Å². The molecule has 108 valence electrons. The number of aryl methyl sites for hydroxylation is 1. The predicted molar refractivity (Wildman–Crippen MR) is 80.7 cm³/mol. The second-order valence-electron chi connectivity index (χ2n) is 4.98. The summed E-state index contributed by atoms with van der Waals surface area (Å²) in [6, 6.07) is 10.6. The van der Waals surface area contributed by atoms with Crippen molar-refractivity contribution >= 4 is 11.0 Å². The first-order chi connectivity index (χ1) is 10.2. The Labute approximate surface area is 122 Å². The molecule has 1 atom stereocenters. The Morgan fingerprint density at radius 2 is 2.14 bits per heavy atom. The van der Waals surface area contributed by atoms with Crippen LogP contribution in [0.4, 0.5) is 4.39 Å². The van der Waals surface area contributed by atoms with Gasteiger partial charge in [-0.2, -0.15) is 0 Å². The molecule has 0 bridgehead atoms. The van der Waals surface area contributed by atoms with E-state index in [1.54, 1.807) is 12.3 Å². The Morgan fingerprint density at radius 1 is 1.29 bits per heavy atom. The highest BCUT2D eigenvalue weighted by molar-refractivity contribution is 5.78. The van der Waals surface area contributed by atoms with E-state index in [1.807, 2.05) is 38.1 Å². The van der Waals surface area contributed by atoms with E-state index in [0.29, 0.717) is 11.3 Å². The Hall–Kier alpha value is -2.20. The van der Waals surface area contributed by atoms with Crippen molar-refractivity contribution in [3.8, 4) is 0 Å². The molecular formula is C17H17FN2O. The number of aromatic nitrogens is 1. The minimum Gasteiger partial charge on any atom is -0.456 e. The molecule has 0 saturated carbocycles. The highest BCUT2D eigenvalue weighted by Crippen LogP contribution is 2.30. The molecular weight excluding hydrogens is 267 g/mol. The van der Waals surface area contributed by atoms with Crippen LogP contribution in [0, 0.1) is 12.7 Å². The van der Waals surface area contributed by atoms with Crippen LogP contribution in [-0.2, 0) is 0 Å². The largest absolute Gasteiger partial charge is 0.456 e. The second kappa shape index (κ2) is 5.66. The van der Waals surface area contributed by atoms with E-state index in [0.717, 1.165) is 23.2 Å². The van der Waals surface area contributed by atoms with Crippen molar-refractivity contribution in [1.82, 2.24) is 10.3 Å². The van der Waals surface area contributed by atoms with Crippen LogP contribution in [0.15, 0.2) is 47.0 Å². The van der Waals surface area contributed by atoms with E-state index in [1.165, 1.54) is 6.07 Å². The van der Waals surface area contributed by atoms with Crippen LogP contribution in [0.2, 0.25) is 0 Å². The van der Waals surface area contributed by atoms with Gasteiger partial charge in [0.1, 0.15) is 5.76 Å². The van der Waals surface area contributed by atoms with Gasteiger partial charge in [-0.1, -0.05) is 25.1 Å². The van der Waals surface area contributed by atoms with E-state index >= 15 is 0 Å². The summed E-state index contributed by atoms with van der Waals surface area (Å²) in [4.78, 5) is 4.32. The van der Waals surface area contributed by atoms with Crippen molar-refractivity contribution in [1.29, 1.82) is 0 Å². The zero-order valence-corrected chi connectivity index (χ0v) is 12.1. The van der Waals surface area contributed by atoms with Gasteiger partial charge in [-0.3, -0.25) is 4.98 Å². The van der Waals surface area contributed by atoms with E-state index in [2.05, 4.69) is 10.3 Å². The van der Waals surface area contributed by atoms with Crippen LogP contribution < -0.4 is 5.32 Å². The second-order valence-corrected chi connectivity index (χ2v) is 4.98. The maximum absolute atomic E-state index is 13.8. The number of furan rings is 1. The quantitative estimate of drug-likeness (QED) is 0.787. The maximum Gasteiger partial charge on any atom is 0.169 e. The Morgan fingerprint density at radius 3 is 2.86 bits per heavy atom. The summed E-state index contributed by atoms with van der Waals surface area (Å²) in [6.45, 7) is 4.77. The third-order valence-corrected chi connectivity index (χ3v) is 3.57. The fourth-order valence-corrected chi connectivity index (χ4v) is 2.56. The standard InChI is InChI=1S/C17H17FN2O/c1-3-19-16(13-7-5-9-20-11(13)2)15-10-12-6-4-8-14(18)17(12)21-15/h4-10,16,19H,3H2,1-2H3. The number of pyridine rings is 1. The summed E-state index contributed by atoms with van der Waals surface area (Å²) < 4.78 is 19.6. The lowest BCUT2D eigenvalue weighted by atomic mass is 10.0. The molecule has 3 rings (SSSR count). The van der Waals surface area contributed by atoms with Crippen LogP contribution in [0.1, 0.15) is 30.0 Å². The summed E-state index contributed by atoms with van der Waals surface area (Å²) in [7, 11) is 0. The molecule has 3 aromatic rings. The number of nitrogens with zero attached hydrogens (tertiary/aromatic N) is 1. The van der Waals surface area contributed by atoms with Crippen molar-refractivity contribution < 1.29 is 8.81 Å². The van der Waals surface area contributed by atoms with Crippen molar-refractivity contribution in [2.24, 2.45) is 0 Å². The highest BCUT2D eigenvalue weighted by atomic mass is 19.1. The first-order valence-corrected chi connectivity index (χ1v) is 7.03. The van der Waals surface area contributed by atoms with Gasteiger partial charge in [0.2, 0.25) is 0 Å². The van der Waals surface area contributed by atoms with Crippen LogP contribution >= 0.6 is 0 Å². The number of fused-ring (bicyclic) bond motifs is 1.